The Morgan fingerprint density at radius 2 is 2.00 bits per heavy atom. The average Bonchev–Trinajstić information content (AvgIpc) is 3.00. The van der Waals surface area contributed by atoms with Crippen LogP contribution in [0.4, 0.5) is 5.69 Å². The maximum atomic E-state index is 4.12. The fourth-order valence-corrected chi connectivity index (χ4v) is 2.54. The third-order valence-corrected chi connectivity index (χ3v) is 3.64. The number of aromatic nitrogens is 3. The van der Waals surface area contributed by atoms with Gasteiger partial charge in [0.25, 0.3) is 0 Å². The highest BCUT2D eigenvalue weighted by Crippen LogP contribution is 2.19. The molecule has 0 bridgehead atoms. The quantitative estimate of drug-likeness (QED) is 0.873. The number of hydrogen-bond donors (Lipinski definition) is 2. The highest BCUT2D eigenvalue weighted by atomic mass is 15.2. The van der Waals surface area contributed by atoms with Crippen molar-refractivity contribution < 1.29 is 0 Å². The van der Waals surface area contributed by atoms with Crippen LogP contribution in [-0.2, 0) is 6.54 Å². The lowest BCUT2D eigenvalue weighted by molar-refractivity contribution is 0.410. The van der Waals surface area contributed by atoms with E-state index < -0.39 is 0 Å². The summed E-state index contributed by atoms with van der Waals surface area (Å²) >= 11 is 0. The van der Waals surface area contributed by atoms with Crippen molar-refractivity contribution in [2.75, 3.05) is 18.0 Å². The van der Waals surface area contributed by atoms with Crippen molar-refractivity contribution in [2.45, 2.75) is 25.4 Å². The third-order valence-electron chi connectivity index (χ3n) is 3.64. The van der Waals surface area contributed by atoms with Crippen LogP contribution in [0.2, 0.25) is 0 Å². The molecule has 2 aromatic rings. The lowest BCUT2D eigenvalue weighted by Crippen LogP contribution is -2.42. The van der Waals surface area contributed by atoms with Gasteiger partial charge in [0, 0.05) is 24.8 Å². The Morgan fingerprint density at radius 3 is 2.68 bits per heavy atom. The van der Waals surface area contributed by atoms with E-state index in [1.54, 1.807) is 6.33 Å². The fourth-order valence-electron chi connectivity index (χ4n) is 2.54. The zero-order valence-corrected chi connectivity index (χ0v) is 10.9. The second-order valence-corrected chi connectivity index (χ2v) is 4.91. The van der Waals surface area contributed by atoms with E-state index in [1.165, 1.54) is 18.5 Å². The van der Waals surface area contributed by atoms with Crippen LogP contribution in [0.3, 0.4) is 0 Å². The van der Waals surface area contributed by atoms with E-state index in [1.807, 2.05) is 0 Å². The molecule has 5 nitrogen and oxygen atoms in total. The molecule has 0 radical (unpaired) electrons. The molecule has 1 saturated heterocycles. The highest BCUT2D eigenvalue weighted by molar-refractivity contribution is 5.46. The summed E-state index contributed by atoms with van der Waals surface area (Å²) in [7, 11) is 0. The number of benzene rings is 1. The molecule has 5 heteroatoms. The van der Waals surface area contributed by atoms with Gasteiger partial charge in [-0.15, -0.1) is 0 Å². The Kier molecular flexibility index (Phi) is 3.74. The van der Waals surface area contributed by atoms with Gasteiger partial charge >= 0.3 is 0 Å². The van der Waals surface area contributed by atoms with Crippen LogP contribution in [0.5, 0.6) is 0 Å². The molecule has 19 heavy (non-hydrogen) atoms. The summed E-state index contributed by atoms with van der Waals surface area (Å²) in [5, 5.41) is 10.3. The van der Waals surface area contributed by atoms with Crippen molar-refractivity contribution >= 4 is 5.69 Å². The van der Waals surface area contributed by atoms with E-state index in [4.69, 9.17) is 0 Å². The molecular formula is C14H19N5. The summed E-state index contributed by atoms with van der Waals surface area (Å²) in [5.74, 6) is 0.908. The molecule has 1 aliphatic heterocycles. The van der Waals surface area contributed by atoms with Crippen LogP contribution >= 0.6 is 0 Å². The van der Waals surface area contributed by atoms with Crippen LogP contribution in [0.25, 0.3) is 0 Å². The van der Waals surface area contributed by atoms with E-state index in [9.17, 15) is 0 Å². The predicted molar refractivity (Wildman–Crippen MR) is 74.9 cm³/mol. The van der Waals surface area contributed by atoms with Crippen LogP contribution in [0, 0.1) is 0 Å². The number of piperidine rings is 1. The molecule has 1 aromatic heterocycles. The Hall–Kier alpha value is -1.88. The van der Waals surface area contributed by atoms with Crippen molar-refractivity contribution in [1.29, 1.82) is 0 Å². The minimum Gasteiger partial charge on any atom is -0.371 e. The molecule has 1 aromatic carbocycles. The van der Waals surface area contributed by atoms with E-state index in [-0.39, 0.29) is 0 Å². The highest BCUT2D eigenvalue weighted by Gasteiger charge is 2.18. The Labute approximate surface area is 113 Å². The van der Waals surface area contributed by atoms with Crippen molar-refractivity contribution in [3.05, 3.63) is 42.5 Å². The Morgan fingerprint density at radius 1 is 1.21 bits per heavy atom. The maximum Gasteiger partial charge on any atom is 0.138 e. The minimum absolute atomic E-state index is 0.574. The molecule has 1 aliphatic rings. The van der Waals surface area contributed by atoms with E-state index >= 15 is 0 Å². The number of para-hydroxylation sites is 1. The molecule has 0 amide bonds. The number of anilines is 1. The average molecular weight is 257 g/mol. The smallest absolute Gasteiger partial charge is 0.138 e. The largest absolute Gasteiger partial charge is 0.371 e. The van der Waals surface area contributed by atoms with Gasteiger partial charge in [-0.1, -0.05) is 18.2 Å². The molecule has 0 unspecified atom stereocenters. The normalized spacial score (nSPS) is 16.7. The van der Waals surface area contributed by atoms with E-state index in [2.05, 4.69) is 55.7 Å². The van der Waals surface area contributed by atoms with Crippen LogP contribution in [0.1, 0.15) is 18.7 Å². The maximum absolute atomic E-state index is 4.12. The van der Waals surface area contributed by atoms with Gasteiger partial charge in [-0.2, -0.15) is 5.10 Å². The SMILES string of the molecule is c1ccc(N2CCC(NCc3ncn[nH]3)CC2)cc1. The van der Waals surface area contributed by atoms with Gasteiger partial charge in [-0.05, 0) is 25.0 Å². The number of hydrogen-bond acceptors (Lipinski definition) is 4. The summed E-state index contributed by atoms with van der Waals surface area (Å²) < 4.78 is 0. The molecule has 0 atom stereocenters. The van der Waals surface area contributed by atoms with Crippen LogP contribution < -0.4 is 10.2 Å². The summed E-state index contributed by atoms with van der Waals surface area (Å²) in [6.45, 7) is 2.99. The summed E-state index contributed by atoms with van der Waals surface area (Å²) in [5.41, 5.74) is 1.33. The van der Waals surface area contributed by atoms with E-state index in [0.29, 0.717) is 6.04 Å². The lowest BCUT2D eigenvalue weighted by atomic mass is 10.0. The third kappa shape index (κ3) is 3.12. The van der Waals surface area contributed by atoms with Gasteiger partial charge in [0.05, 0.1) is 6.54 Å². The molecule has 0 spiro atoms. The minimum atomic E-state index is 0.574. The second-order valence-electron chi connectivity index (χ2n) is 4.91. The Bertz CT molecular complexity index is 474. The fraction of sp³-hybridized carbons (Fsp3) is 0.429. The molecule has 1 fully saturated rings. The predicted octanol–water partition coefficient (Wildman–Crippen LogP) is 1.56. The zero-order chi connectivity index (χ0) is 12.9. The monoisotopic (exact) mass is 257 g/mol. The van der Waals surface area contributed by atoms with Crippen molar-refractivity contribution in [1.82, 2.24) is 20.5 Å². The molecule has 0 aliphatic carbocycles. The van der Waals surface area contributed by atoms with Crippen molar-refractivity contribution in [3.63, 3.8) is 0 Å². The number of H-pyrrole nitrogens is 1. The first kappa shape index (κ1) is 12.2. The molecule has 0 saturated carbocycles. The van der Waals surface area contributed by atoms with Crippen LogP contribution in [-0.4, -0.2) is 34.3 Å². The first-order chi connectivity index (χ1) is 9.42. The van der Waals surface area contributed by atoms with E-state index in [0.717, 1.165) is 25.5 Å². The van der Waals surface area contributed by atoms with Gasteiger partial charge in [0.2, 0.25) is 0 Å². The number of nitrogens with one attached hydrogen (secondary N) is 2. The lowest BCUT2D eigenvalue weighted by Gasteiger charge is -2.34. The molecular weight excluding hydrogens is 238 g/mol. The summed E-state index contributed by atoms with van der Waals surface area (Å²) in [6, 6.07) is 11.2. The van der Waals surface area contributed by atoms with Gasteiger partial charge in [-0.3, -0.25) is 5.10 Å². The van der Waals surface area contributed by atoms with Crippen molar-refractivity contribution in [3.8, 4) is 0 Å². The van der Waals surface area contributed by atoms with Gasteiger partial charge < -0.3 is 10.2 Å². The second kappa shape index (κ2) is 5.84. The van der Waals surface area contributed by atoms with Gasteiger partial charge in [0.15, 0.2) is 0 Å². The topological polar surface area (TPSA) is 56.8 Å². The Balaban J connectivity index is 1.47. The summed E-state index contributed by atoms with van der Waals surface area (Å²) in [4.78, 5) is 6.57. The number of rotatable bonds is 4. The summed E-state index contributed by atoms with van der Waals surface area (Å²) in [6.07, 6.45) is 3.89. The van der Waals surface area contributed by atoms with Crippen LogP contribution in [0.15, 0.2) is 36.7 Å². The van der Waals surface area contributed by atoms with Crippen molar-refractivity contribution in [2.24, 2.45) is 0 Å². The number of nitrogens with zero attached hydrogens (tertiary/aromatic N) is 3. The van der Waals surface area contributed by atoms with Gasteiger partial charge in [-0.25, -0.2) is 4.98 Å². The molecule has 2 N–H and O–H groups in total. The molecule has 3 rings (SSSR count). The molecule has 100 valence electrons. The number of aromatic amines is 1. The standard InChI is InChI=1S/C14H19N5/c1-2-4-13(5-3-1)19-8-6-12(7-9-19)15-10-14-16-11-17-18-14/h1-5,11-12,15H,6-10H2,(H,16,17,18). The van der Waals surface area contributed by atoms with Gasteiger partial charge in [0.1, 0.15) is 12.2 Å². The first-order valence-electron chi connectivity index (χ1n) is 6.79. The molecule has 2 heterocycles. The zero-order valence-electron chi connectivity index (χ0n) is 10.9. The first-order valence-corrected chi connectivity index (χ1v) is 6.79.